The van der Waals surface area contributed by atoms with Crippen LogP contribution in [0.2, 0.25) is 0 Å². The van der Waals surface area contributed by atoms with Crippen molar-refractivity contribution in [2.45, 2.75) is 86.5 Å². The zero-order valence-corrected chi connectivity index (χ0v) is 35.1. The Labute approximate surface area is 340 Å². The van der Waals surface area contributed by atoms with E-state index in [9.17, 15) is 29.1 Å². The van der Waals surface area contributed by atoms with Crippen molar-refractivity contribution < 1.29 is 33.8 Å². The number of allylic oxidation sites excluding steroid dienone is 7. The summed E-state index contributed by atoms with van der Waals surface area (Å²) >= 11 is 0.832. The molecule has 57 heavy (non-hydrogen) atoms. The Bertz CT molecular complexity index is 2140. The molecule has 1 aromatic carbocycles. The molecule has 2 saturated heterocycles. The summed E-state index contributed by atoms with van der Waals surface area (Å²) in [6.45, 7) is 14.8. The van der Waals surface area contributed by atoms with Gasteiger partial charge in [0.1, 0.15) is 12.3 Å². The van der Waals surface area contributed by atoms with Gasteiger partial charge >= 0.3 is 0 Å². The van der Waals surface area contributed by atoms with E-state index in [1.165, 1.54) is 5.57 Å². The third-order valence-electron chi connectivity index (χ3n) is 15.9. The van der Waals surface area contributed by atoms with Crippen LogP contribution in [-0.4, -0.2) is 88.4 Å². The predicted molar refractivity (Wildman–Crippen MR) is 220 cm³/mol. The van der Waals surface area contributed by atoms with Crippen LogP contribution in [0.3, 0.4) is 0 Å². The summed E-state index contributed by atoms with van der Waals surface area (Å²) in [6.07, 6.45) is 14.4. The quantitative estimate of drug-likeness (QED) is 0.298. The van der Waals surface area contributed by atoms with Gasteiger partial charge < -0.3 is 19.6 Å². The smallest absolute Gasteiger partial charge is 0.294 e. The number of benzene rings is 1. The first-order chi connectivity index (χ1) is 26.9. The highest BCUT2D eigenvalue weighted by Crippen LogP contribution is 2.75. The van der Waals surface area contributed by atoms with Gasteiger partial charge in [0.25, 0.3) is 11.1 Å². The van der Waals surface area contributed by atoms with Gasteiger partial charge in [-0.15, -0.1) is 0 Å². The number of hydrogen-bond donors (Lipinski definition) is 1. The van der Waals surface area contributed by atoms with Gasteiger partial charge in [0, 0.05) is 42.6 Å². The van der Waals surface area contributed by atoms with Crippen molar-refractivity contribution in [3.05, 3.63) is 81.0 Å². The summed E-state index contributed by atoms with van der Waals surface area (Å²) in [5.41, 5.74) is 3.84. The molecule has 1 N–H and O–H groups in total. The third-order valence-corrected chi connectivity index (χ3v) is 16.8. The summed E-state index contributed by atoms with van der Waals surface area (Å²) in [4.78, 5) is 71.9. The zero-order chi connectivity index (χ0) is 40.9. The van der Waals surface area contributed by atoms with Crippen LogP contribution in [-0.2, 0) is 19.2 Å². The van der Waals surface area contributed by atoms with Crippen LogP contribution >= 0.6 is 11.8 Å². The standard InChI is InChI=1S/C46H55N3O7S/c1-28-31-12-13-35-44(4,32(31)25-33(50)38(28)52)17-19-46(6)36-26-43(3,15-14-42(36,2)16-18-45(35,46)5)40(54)48-22-20-47(21-23-48)37(51)27-49-39(53)34(57-41(49)55)24-29-8-10-30(56-7)11-9-29/h8-13,24-25,36,52H,14-23,26-27H2,1-7H3/b34-24-/t36-,42-,43-,44+,45-,46+/m1/s1. The molecule has 302 valence electrons. The third kappa shape index (κ3) is 5.99. The van der Waals surface area contributed by atoms with Gasteiger partial charge in [0.2, 0.25) is 17.6 Å². The molecule has 11 heteroatoms. The highest BCUT2D eigenvalue weighted by atomic mass is 32.2. The van der Waals surface area contributed by atoms with Crippen molar-refractivity contribution >= 4 is 46.6 Å². The fraction of sp³-hybridized carbons (Fsp3) is 0.543. The van der Waals surface area contributed by atoms with Gasteiger partial charge in [-0.2, -0.15) is 0 Å². The second-order valence-corrected chi connectivity index (χ2v) is 19.8. The first kappa shape index (κ1) is 39.4. The van der Waals surface area contributed by atoms with E-state index in [1.54, 1.807) is 48.4 Å². The van der Waals surface area contributed by atoms with Crippen LogP contribution in [0, 0.1) is 33.0 Å². The molecule has 0 aromatic heterocycles. The maximum Gasteiger partial charge on any atom is 0.294 e. The molecule has 0 unspecified atom stereocenters. The zero-order valence-electron chi connectivity index (χ0n) is 34.3. The first-order valence-corrected chi connectivity index (χ1v) is 21.3. The van der Waals surface area contributed by atoms with Gasteiger partial charge in [-0.1, -0.05) is 64.5 Å². The van der Waals surface area contributed by atoms with Crippen LogP contribution < -0.4 is 4.74 Å². The lowest BCUT2D eigenvalue weighted by Crippen LogP contribution is -2.63. The summed E-state index contributed by atoms with van der Waals surface area (Å²) in [5, 5.41) is 10.0. The highest BCUT2D eigenvalue weighted by molar-refractivity contribution is 8.18. The molecule has 8 rings (SSSR count). The number of ketones is 1. The van der Waals surface area contributed by atoms with E-state index in [4.69, 9.17) is 4.74 Å². The summed E-state index contributed by atoms with van der Waals surface area (Å²) in [5.74, 6) is -0.102. The number of fused-ring (bicyclic) bond motifs is 7. The van der Waals surface area contributed by atoms with Crippen molar-refractivity contribution in [1.82, 2.24) is 14.7 Å². The molecule has 5 aliphatic carbocycles. The molecular weight excluding hydrogens is 739 g/mol. The van der Waals surface area contributed by atoms with Crippen molar-refractivity contribution in [1.29, 1.82) is 0 Å². The Balaban J connectivity index is 0.942. The lowest BCUT2D eigenvalue weighted by molar-refractivity contribution is -0.175. The number of ether oxygens (including phenoxy) is 1. The van der Waals surface area contributed by atoms with Crippen LogP contribution in [0.1, 0.15) is 92.1 Å². The van der Waals surface area contributed by atoms with E-state index < -0.39 is 16.6 Å². The number of piperazine rings is 1. The number of rotatable bonds is 5. The molecule has 5 fully saturated rings. The lowest BCUT2D eigenvalue weighted by atomic mass is 9.34. The SMILES string of the molecule is COc1ccc(/C=C2\SC(=O)N(CC(=O)N3CCN(C(=O)[C@]4(C)CC[C@]5(C)CC[C@]6(C)C7=CC=C8C(=CC(=O)C(O)=C8C)[C@]7(C)CC[C@@]6(C)[C@@H]5C4)CC3)C2=O)cc1. The number of methoxy groups -OCH3 is 1. The van der Waals surface area contributed by atoms with Gasteiger partial charge in [0.15, 0.2) is 5.76 Å². The summed E-state index contributed by atoms with van der Waals surface area (Å²) < 4.78 is 5.20. The van der Waals surface area contributed by atoms with Gasteiger partial charge in [-0.3, -0.25) is 28.9 Å². The summed E-state index contributed by atoms with van der Waals surface area (Å²) in [6, 6.07) is 7.16. The highest BCUT2D eigenvalue weighted by Gasteiger charge is 2.67. The Morgan fingerprint density at radius 2 is 1.56 bits per heavy atom. The maximum absolute atomic E-state index is 14.6. The second-order valence-electron chi connectivity index (χ2n) is 18.8. The molecular formula is C46H55N3O7S. The minimum Gasteiger partial charge on any atom is -0.504 e. The van der Waals surface area contributed by atoms with E-state index in [1.807, 2.05) is 11.8 Å². The van der Waals surface area contributed by atoms with Gasteiger partial charge in [-0.25, -0.2) is 0 Å². The molecule has 1 aromatic rings. The molecule has 7 aliphatic rings. The monoisotopic (exact) mass is 793 g/mol. The maximum atomic E-state index is 14.6. The van der Waals surface area contributed by atoms with E-state index in [0.29, 0.717) is 43.4 Å². The topological polar surface area (TPSA) is 125 Å². The van der Waals surface area contributed by atoms with E-state index in [2.05, 4.69) is 46.8 Å². The number of thioether (sulfide) groups is 1. The molecule has 10 nitrogen and oxygen atoms in total. The molecule has 0 radical (unpaired) electrons. The number of aliphatic hydroxyl groups is 1. The van der Waals surface area contributed by atoms with Crippen LogP contribution in [0.5, 0.6) is 5.75 Å². The average molecular weight is 794 g/mol. The molecule has 2 heterocycles. The molecule has 0 spiro atoms. The Hall–Kier alpha value is -4.38. The molecule has 0 bridgehead atoms. The van der Waals surface area contributed by atoms with Crippen molar-refractivity contribution in [3.63, 3.8) is 0 Å². The van der Waals surface area contributed by atoms with Crippen LogP contribution in [0.25, 0.3) is 6.08 Å². The predicted octanol–water partition coefficient (Wildman–Crippen LogP) is 8.03. The number of nitrogens with zero attached hydrogens (tertiary/aromatic N) is 3. The fourth-order valence-corrected chi connectivity index (χ4v) is 12.8. The molecule has 6 atom stereocenters. The minimum absolute atomic E-state index is 0.0670. The fourth-order valence-electron chi connectivity index (χ4n) is 11.9. The van der Waals surface area contributed by atoms with E-state index >= 15 is 0 Å². The minimum atomic E-state index is -0.539. The Kier molecular flexibility index (Phi) is 9.41. The molecule has 2 aliphatic heterocycles. The number of carbonyl (C=O) groups is 5. The number of aliphatic hydroxyl groups excluding tert-OH is 1. The largest absolute Gasteiger partial charge is 0.504 e. The van der Waals surface area contributed by atoms with E-state index in [0.717, 1.165) is 78.3 Å². The van der Waals surface area contributed by atoms with E-state index in [-0.39, 0.29) is 56.5 Å². The first-order valence-electron chi connectivity index (χ1n) is 20.4. The van der Waals surface area contributed by atoms with Crippen LogP contribution in [0.4, 0.5) is 4.79 Å². The van der Waals surface area contributed by atoms with Crippen molar-refractivity contribution in [2.24, 2.45) is 33.0 Å². The van der Waals surface area contributed by atoms with Crippen molar-refractivity contribution in [3.8, 4) is 5.75 Å². The number of amides is 4. The molecule has 3 saturated carbocycles. The van der Waals surface area contributed by atoms with Crippen LogP contribution in [0.15, 0.2) is 75.5 Å². The number of carbonyl (C=O) groups excluding carboxylic acids is 5. The Morgan fingerprint density at radius 3 is 2.25 bits per heavy atom. The summed E-state index contributed by atoms with van der Waals surface area (Å²) in [7, 11) is 1.58. The van der Waals surface area contributed by atoms with Gasteiger partial charge in [-0.05, 0) is 127 Å². The van der Waals surface area contributed by atoms with Crippen molar-refractivity contribution in [2.75, 3.05) is 39.8 Å². The Morgan fingerprint density at radius 1 is 0.895 bits per heavy atom. The number of imide groups is 1. The average Bonchev–Trinajstić information content (AvgIpc) is 3.46. The molecule has 4 amide bonds. The number of hydrogen-bond acceptors (Lipinski definition) is 8. The van der Waals surface area contributed by atoms with Gasteiger partial charge in [0.05, 0.1) is 12.0 Å². The second kappa shape index (κ2) is 13.6. The normalized spacial score (nSPS) is 35.9. The lowest BCUT2D eigenvalue weighted by Gasteiger charge is -2.70.